The van der Waals surface area contributed by atoms with Gasteiger partial charge < -0.3 is 20.1 Å². The molecule has 0 aliphatic carbocycles. The second kappa shape index (κ2) is 9.62. The fraction of sp³-hybridized carbons (Fsp3) is 0.400. The first-order valence-corrected chi connectivity index (χ1v) is 11.2. The number of carbonyl (C=O) groups is 1. The Bertz CT molecular complexity index is 1090. The maximum absolute atomic E-state index is 12.4. The summed E-state index contributed by atoms with van der Waals surface area (Å²) in [5.41, 5.74) is 10.3. The van der Waals surface area contributed by atoms with Gasteiger partial charge in [-0.15, -0.1) is 0 Å². The summed E-state index contributed by atoms with van der Waals surface area (Å²) in [7, 11) is 5.33. The van der Waals surface area contributed by atoms with E-state index in [1.165, 1.54) is 12.6 Å². The van der Waals surface area contributed by atoms with E-state index in [2.05, 4.69) is 28.3 Å². The third-order valence-corrected chi connectivity index (χ3v) is 6.27. The lowest BCUT2D eigenvalue weighted by Crippen LogP contribution is -2.41. The van der Waals surface area contributed by atoms with Crippen molar-refractivity contribution in [3.8, 4) is 11.5 Å². The molecule has 0 radical (unpaired) electrons. The molecule has 8 heteroatoms. The van der Waals surface area contributed by atoms with E-state index in [1.54, 1.807) is 19.2 Å². The number of benzene rings is 2. The van der Waals surface area contributed by atoms with Crippen molar-refractivity contribution in [2.75, 3.05) is 40.9 Å². The number of ether oxygens (including phenoxy) is 2. The Labute approximate surface area is 194 Å². The summed E-state index contributed by atoms with van der Waals surface area (Å²) in [6, 6.07) is 11.8. The quantitative estimate of drug-likeness (QED) is 0.539. The fourth-order valence-electron chi connectivity index (χ4n) is 4.57. The lowest BCUT2D eigenvalue weighted by molar-refractivity contribution is 0.0976. The molecule has 174 valence electrons. The number of fused-ring (bicyclic) bond motifs is 3. The van der Waals surface area contributed by atoms with Gasteiger partial charge in [0.2, 0.25) is 0 Å². The van der Waals surface area contributed by atoms with Crippen molar-refractivity contribution >= 4 is 17.6 Å². The third kappa shape index (κ3) is 4.57. The summed E-state index contributed by atoms with van der Waals surface area (Å²) in [6.45, 7) is 4.51. The van der Waals surface area contributed by atoms with Crippen LogP contribution in [0.4, 0.5) is 0 Å². The summed E-state index contributed by atoms with van der Waals surface area (Å²) in [4.78, 5) is 23.7. The van der Waals surface area contributed by atoms with Gasteiger partial charge in [-0.25, -0.2) is 0 Å². The molecule has 2 aromatic rings. The Morgan fingerprint density at radius 2 is 2.03 bits per heavy atom. The summed E-state index contributed by atoms with van der Waals surface area (Å²) in [5, 5.41) is 2.56. The molecule has 8 nitrogen and oxygen atoms in total. The second-order valence-electron chi connectivity index (χ2n) is 8.37. The molecule has 33 heavy (non-hydrogen) atoms. The lowest BCUT2D eigenvalue weighted by atomic mass is 9.79. The average Bonchev–Trinajstić information content (AvgIpc) is 2.83. The van der Waals surface area contributed by atoms with E-state index in [4.69, 9.17) is 20.2 Å². The monoisotopic (exact) mass is 449 g/mol. The van der Waals surface area contributed by atoms with Crippen LogP contribution in [0.15, 0.2) is 46.4 Å². The van der Waals surface area contributed by atoms with Gasteiger partial charge >= 0.3 is 0 Å². The number of hydrogen-bond donors (Lipinski definition) is 2. The molecule has 1 saturated heterocycles. The number of hydrogen-bond acceptors (Lipinski definition) is 6. The third-order valence-electron chi connectivity index (χ3n) is 6.27. The number of aliphatic imine (C=N–C) groups is 2. The van der Waals surface area contributed by atoms with E-state index < -0.39 is 0 Å². The van der Waals surface area contributed by atoms with Crippen LogP contribution in [0, 0.1) is 0 Å². The van der Waals surface area contributed by atoms with E-state index in [1.807, 2.05) is 25.1 Å². The molecule has 2 atom stereocenters. The number of nitrogens with two attached hydrogens (primary N) is 1. The standard InChI is InChI=1S/C25H31N5O3/c1-5-33-22-12-17-18(13-21(22)32-4)23(28-20-10-11-30(3)14-19(17)20)15-6-8-16(9-7-15)24(31)29-25(26)27-2/h6-9,12-13,19-20H,5,10-11,14H2,1-4H3,(H3,26,27,29,31)/t19-,20-/m0/s1. The summed E-state index contributed by atoms with van der Waals surface area (Å²) >= 11 is 0. The molecule has 0 aromatic heterocycles. The molecular formula is C25H31N5O3. The summed E-state index contributed by atoms with van der Waals surface area (Å²) < 4.78 is 11.5. The van der Waals surface area contributed by atoms with Crippen LogP contribution in [0.25, 0.3) is 0 Å². The Hall–Kier alpha value is -3.39. The highest BCUT2D eigenvalue weighted by molar-refractivity contribution is 6.15. The molecular weight excluding hydrogens is 418 g/mol. The molecule has 0 saturated carbocycles. The molecule has 1 fully saturated rings. The van der Waals surface area contributed by atoms with Crippen molar-refractivity contribution in [1.29, 1.82) is 0 Å². The minimum Gasteiger partial charge on any atom is -0.493 e. The van der Waals surface area contributed by atoms with Crippen LogP contribution in [0.2, 0.25) is 0 Å². The minimum atomic E-state index is -0.297. The van der Waals surface area contributed by atoms with Gasteiger partial charge in [0.05, 0.1) is 25.5 Å². The van der Waals surface area contributed by atoms with Gasteiger partial charge in [-0.05, 0) is 56.8 Å². The van der Waals surface area contributed by atoms with Crippen LogP contribution in [0.1, 0.15) is 46.3 Å². The Morgan fingerprint density at radius 3 is 2.70 bits per heavy atom. The highest BCUT2D eigenvalue weighted by atomic mass is 16.5. The van der Waals surface area contributed by atoms with Crippen LogP contribution < -0.4 is 20.5 Å². The maximum Gasteiger partial charge on any atom is 0.257 e. The number of carbonyl (C=O) groups excluding carboxylic acids is 1. The number of guanidine groups is 1. The van der Waals surface area contributed by atoms with Gasteiger partial charge in [-0.2, -0.15) is 0 Å². The van der Waals surface area contributed by atoms with Crippen LogP contribution >= 0.6 is 0 Å². The predicted molar refractivity (Wildman–Crippen MR) is 130 cm³/mol. The molecule has 0 unspecified atom stereocenters. The number of likely N-dealkylation sites (tertiary alicyclic amines) is 1. The van der Waals surface area contributed by atoms with Crippen molar-refractivity contribution in [3.05, 3.63) is 58.7 Å². The average molecular weight is 450 g/mol. The summed E-state index contributed by atoms with van der Waals surface area (Å²) in [5.74, 6) is 1.54. The van der Waals surface area contributed by atoms with Gasteiger partial charge in [-0.3, -0.25) is 20.1 Å². The van der Waals surface area contributed by atoms with Crippen LogP contribution in [-0.2, 0) is 0 Å². The fourth-order valence-corrected chi connectivity index (χ4v) is 4.57. The highest BCUT2D eigenvalue weighted by Gasteiger charge is 2.36. The Balaban J connectivity index is 1.75. The van der Waals surface area contributed by atoms with Crippen LogP contribution in [-0.4, -0.2) is 69.4 Å². The van der Waals surface area contributed by atoms with E-state index in [9.17, 15) is 4.79 Å². The molecule has 1 amide bonds. The smallest absolute Gasteiger partial charge is 0.257 e. The van der Waals surface area contributed by atoms with E-state index >= 15 is 0 Å². The Morgan fingerprint density at radius 1 is 1.27 bits per heavy atom. The van der Waals surface area contributed by atoms with Crippen molar-refractivity contribution in [2.45, 2.75) is 25.3 Å². The van der Waals surface area contributed by atoms with E-state index in [0.29, 0.717) is 23.8 Å². The molecule has 0 spiro atoms. The molecule has 0 bridgehead atoms. The molecule has 2 aliphatic heterocycles. The lowest BCUT2D eigenvalue weighted by Gasteiger charge is -2.39. The number of nitrogens with one attached hydrogen (secondary N) is 1. The second-order valence-corrected chi connectivity index (χ2v) is 8.37. The predicted octanol–water partition coefficient (Wildman–Crippen LogP) is 2.41. The number of piperidine rings is 1. The van der Waals surface area contributed by atoms with Gasteiger partial charge in [0.1, 0.15) is 0 Å². The zero-order valence-electron chi connectivity index (χ0n) is 19.6. The number of amides is 1. The topological polar surface area (TPSA) is 102 Å². The first kappa shape index (κ1) is 22.8. The van der Waals surface area contributed by atoms with Crippen molar-refractivity contribution < 1.29 is 14.3 Å². The molecule has 2 aliphatic rings. The van der Waals surface area contributed by atoms with Crippen molar-refractivity contribution in [1.82, 2.24) is 10.2 Å². The minimum absolute atomic E-state index is 0.0835. The number of methoxy groups -OCH3 is 1. The molecule has 2 aromatic carbocycles. The molecule has 3 N–H and O–H groups in total. The first-order valence-electron chi connectivity index (χ1n) is 11.2. The number of likely N-dealkylation sites (N-methyl/N-ethyl adjacent to an activating group) is 1. The SMILES string of the molecule is CCOc1cc2c(cc1OC)C(c1ccc(C(=O)NC(N)=NC)cc1)=N[C@H]1CCN(C)C[C@@H]21. The first-order chi connectivity index (χ1) is 15.9. The van der Waals surface area contributed by atoms with E-state index in [0.717, 1.165) is 42.1 Å². The zero-order chi connectivity index (χ0) is 23.5. The van der Waals surface area contributed by atoms with E-state index in [-0.39, 0.29) is 17.9 Å². The maximum atomic E-state index is 12.4. The van der Waals surface area contributed by atoms with Crippen molar-refractivity contribution in [2.24, 2.45) is 15.7 Å². The molecule has 4 rings (SSSR count). The van der Waals surface area contributed by atoms with Crippen LogP contribution in [0.5, 0.6) is 11.5 Å². The normalized spacial score (nSPS) is 20.4. The largest absolute Gasteiger partial charge is 0.493 e. The van der Waals surface area contributed by atoms with Gasteiger partial charge in [0.25, 0.3) is 5.91 Å². The molecule has 2 heterocycles. The zero-order valence-corrected chi connectivity index (χ0v) is 19.6. The van der Waals surface area contributed by atoms with Gasteiger partial charge in [0, 0.05) is 36.2 Å². The number of rotatable bonds is 5. The van der Waals surface area contributed by atoms with Crippen LogP contribution in [0.3, 0.4) is 0 Å². The van der Waals surface area contributed by atoms with Gasteiger partial charge in [0.15, 0.2) is 17.5 Å². The highest BCUT2D eigenvalue weighted by Crippen LogP contribution is 2.42. The van der Waals surface area contributed by atoms with Crippen molar-refractivity contribution in [3.63, 3.8) is 0 Å². The summed E-state index contributed by atoms with van der Waals surface area (Å²) in [6.07, 6.45) is 0.996. The van der Waals surface area contributed by atoms with Gasteiger partial charge in [-0.1, -0.05) is 12.1 Å². The Kier molecular flexibility index (Phi) is 6.65. The number of nitrogens with zero attached hydrogens (tertiary/aromatic N) is 3.